The average Bonchev–Trinajstić information content (AvgIpc) is 3.12. The summed E-state index contributed by atoms with van der Waals surface area (Å²) < 4.78 is 0. The van der Waals surface area contributed by atoms with Gasteiger partial charge in [-0.15, -0.1) is 24.8 Å². The molecule has 0 spiro atoms. The molecule has 1 fully saturated rings. The molecule has 2 amide bonds. The van der Waals surface area contributed by atoms with Crippen LogP contribution in [0.25, 0.3) is 21.9 Å². The van der Waals surface area contributed by atoms with Gasteiger partial charge in [-0.25, -0.2) is 0 Å². The first-order valence-electron chi connectivity index (χ1n) is 17.5. The minimum absolute atomic E-state index is 0. The van der Waals surface area contributed by atoms with Crippen LogP contribution in [0.1, 0.15) is 52.9 Å². The summed E-state index contributed by atoms with van der Waals surface area (Å²) in [5.74, 6) is 0.0701. The number of likely N-dealkylation sites (tertiary alicyclic amines) is 1. The van der Waals surface area contributed by atoms with E-state index in [1.807, 2.05) is 50.5 Å². The molecule has 6 rings (SSSR count). The Balaban J connectivity index is 0.00000292. The van der Waals surface area contributed by atoms with Crippen LogP contribution in [0.4, 0.5) is 0 Å². The first-order chi connectivity index (χ1) is 23.9. The third kappa shape index (κ3) is 10.2. The number of hydrogen-bond donors (Lipinski definition) is 1. The van der Waals surface area contributed by atoms with Crippen molar-refractivity contribution < 1.29 is 9.59 Å². The van der Waals surface area contributed by atoms with Gasteiger partial charge in [-0.3, -0.25) is 14.5 Å². The van der Waals surface area contributed by atoms with Gasteiger partial charge in [-0.1, -0.05) is 109 Å². The van der Waals surface area contributed by atoms with Gasteiger partial charge in [0.25, 0.3) is 5.91 Å². The number of halogens is 2. The normalized spacial score (nSPS) is 14.0. The molecule has 6 nitrogen and oxygen atoms in total. The van der Waals surface area contributed by atoms with E-state index in [0.29, 0.717) is 18.5 Å². The van der Waals surface area contributed by atoms with Gasteiger partial charge in [-0.05, 0) is 84.6 Å². The fraction of sp³-hybridized carbons (Fsp3) is 0.302. The third-order valence-electron chi connectivity index (χ3n) is 9.77. The zero-order chi connectivity index (χ0) is 34.2. The lowest BCUT2D eigenvalue weighted by Gasteiger charge is -2.42. The Morgan fingerprint density at radius 1 is 0.765 bits per heavy atom. The van der Waals surface area contributed by atoms with Crippen LogP contribution in [0.3, 0.4) is 0 Å². The predicted molar refractivity (Wildman–Crippen MR) is 215 cm³/mol. The summed E-state index contributed by atoms with van der Waals surface area (Å²) >= 11 is 0. The standard InChI is InChI=1S/C43H48N4O2.2ClH/c1-32(36-16-11-17-38(30-36)40-18-9-10-19-41(40)43(49)44-24-27-45(2)3)47(39-22-25-46(26-23-39)31-33-12-5-4-6-13-33)42(48)29-34-20-21-35-14-7-8-15-37(35)28-34;;/h4-21,28,30,32,39H,22-27,29,31H2,1-3H3,(H,44,49);2*1H. The third-order valence-corrected chi connectivity index (χ3v) is 9.77. The van der Waals surface area contributed by atoms with Crippen molar-refractivity contribution in [3.8, 4) is 11.1 Å². The zero-order valence-electron chi connectivity index (χ0n) is 29.8. The Labute approximate surface area is 315 Å². The molecule has 0 aliphatic carbocycles. The fourth-order valence-corrected chi connectivity index (χ4v) is 7.10. The highest BCUT2D eigenvalue weighted by Gasteiger charge is 2.32. The average molecular weight is 726 g/mol. The van der Waals surface area contributed by atoms with E-state index in [-0.39, 0.29) is 48.7 Å². The second-order valence-corrected chi connectivity index (χ2v) is 13.6. The minimum Gasteiger partial charge on any atom is -0.351 e. The fourth-order valence-electron chi connectivity index (χ4n) is 7.10. The number of benzene rings is 5. The molecule has 8 heteroatoms. The number of carbonyl (C=O) groups excluding carboxylic acids is 2. The molecule has 1 heterocycles. The van der Waals surface area contributed by atoms with Gasteiger partial charge < -0.3 is 15.1 Å². The first-order valence-corrected chi connectivity index (χ1v) is 17.5. The van der Waals surface area contributed by atoms with Crippen molar-refractivity contribution in [2.75, 3.05) is 40.3 Å². The second-order valence-electron chi connectivity index (χ2n) is 13.6. The van der Waals surface area contributed by atoms with Crippen molar-refractivity contribution in [3.05, 3.63) is 144 Å². The van der Waals surface area contributed by atoms with Gasteiger partial charge in [0.05, 0.1) is 12.5 Å². The van der Waals surface area contributed by atoms with Gasteiger partial charge in [0.15, 0.2) is 0 Å². The van der Waals surface area contributed by atoms with Crippen LogP contribution in [0.5, 0.6) is 0 Å². The molecule has 1 aliphatic heterocycles. The number of piperidine rings is 1. The van der Waals surface area contributed by atoms with Crippen LogP contribution in [0.2, 0.25) is 0 Å². The molecule has 0 aromatic heterocycles. The summed E-state index contributed by atoms with van der Waals surface area (Å²) in [6.45, 7) is 6.33. The molecule has 1 atom stereocenters. The van der Waals surface area contributed by atoms with Gasteiger partial charge in [0.1, 0.15) is 0 Å². The topological polar surface area (TPSA) is 55.9 Å². The number of hydrogen-bond acceptors (Lipinski definition) is 4. The Hall–Kier alpha value is -4.20. The molecule has 0 saturated carbocycles. The SMILES string of the molecule is CC(c1cccc(-c2ccccc2C(=O)NCCN(C)C)c1)N(C(=O)Cc1ccc2ccccc2c1)C1CCN(Cc2ccccc2)CC1.Cl.Cl. The summed E-state index contributed by atoms with van der Waals surface area (Å²) in [7, 11) is 3.99. The van der Waals surface area contributed by atoms with E-state index in [1.54, 1.807) is 0 Å². The lowest BCUT2D eigenvalue weighted by atomic mass is 9.93. The van der Waals surface area contributed by atoms with Crippen molar-refractivity contribution in [3.63, 3.8) is 0 Å². The summed E-state index contributed by atoms with van der Waals surface area (Å²) in [6, 6.07) is 41.5. The maximum absolute atomic E-state index is 14.4. The highest BCUT2D eigenvalue weighted by Crippen LogP contribution is 2.32. The molecule has 1 saturated heterocycles. The summed E-state index contributed by atoms with van der Waals surface area (Å²) in [4.78, 5) is 34.4. The molecule has 0 bridgehead atoms. The van der Waals surface area contributed by atoms with E-state index in [0.717, 1.165) is 66.7 Å². The van der Waals surface area contributed by atoms with E-state index in [4.69, 9.17) is 0 Å². The van der Waals surface area contributed by atoms with Crippen molar-refractivity contribution in [1.29, 1.82) is 0 Å². The Morgan fingerprint density at radius 2 is 1.45 bits per heavy atom. The molecule has 1 unspecified atom stereocenters. The van der Waals surface area contributed by atoms with Gasteiger partial charge >= 0.3 is 0 Å². The lowest BCUT2D eigenvalue weighted by molar-refractivity contribution is -0.136. The molecular formula is C43H50Cl2N4O2. The van der Waals surface area contributed by atoms with Crippen LogP contribution < -0.4 is 5.32 Å². The van der Waals surface area contributed by atoms with Gasteiger partial charge in [0, 0.05) is 44.3 Å². The molecule has 5 aromatic carbocycles. The van der Waals surface area contributed by atoms with Crippen LogP contribution >= 0.6 is 24.8 Å². The van der Waals surface area contributed by atoms with E-state index < -0.39 is 0 Å². The monoisotopic (exact) mass is 724 g/mol. The van der Waals surface area contributed by atoms with Crippen LogP contribution in [0, 0.1) is 0 Å². The molecule has 1 aliphatic rings. The summed E-state index contributed by atoms with van der Waals surface area (Å²) in [6.07, 6.45) is 2.21. The smallest absolute Gasteiger partial charge is 0.251 e. The van der Waals surface area contributed by atoms with Crippen molar-refractivity contribution in [2.24, 2.45) is 0 Å². The highest BCUT2D eigenvalue weighted by molar-refractivity contribution is 6.01. The molecule has 0 radical (unpaired) electrons. The van der Waals surface area contributed by atoms with Crippen molar-refractivity contribution in [1.82, 2.24) is 20.0 Å². The number of nitrogens with zero attached hydrogens (tertiary/aromatic N) is 3. The second kappa shape index (κ2) is 18.9. The van der Waals surface area contributed by atoms with Crippen LogP contribution in [-0.4, -0.2) is 72.8 Å². The minimum atomic E-state index is -0.139. The largest absolute Gasteiger partial charge is 0.351 e. The van der Waals surface area contributed by atoms with Gasteiger partial charge in [-0.2, -0.15) is 0 Å². The summed E-state index contributed by atoms with van der Waals surface area (Å²) in [5, 5.41) is 5.40. The molecule has 5 aromatic rings. The predicted octanol–water partition coefficient (Wildman–Crippen LogP) is 8.44. The Bertz CT molecular complexity index is 1880. The van der Waals surface area contributed by atoms with Crippen LogP contribution in [0.15, 0.2) is 121 Å². The van der Waals surface area contributed by atoms with E-state index in [9.17, 15) is 9.59 Å². The number of carbonyl (C=O) groups is 2. The maximum atomic E-state index is 14.4. The van der Waals surface area contributed by atoms with E-state index in [2.05, 4.69) is 112 Å². The molecule has 1 N–H and O–H groups in total. The first kappa shape index (κ1) is 39.6. The lowest BCUT2D eigenvalue weighted by Crippen LogP contribution is -2.48. The number of fused-ring (bicyclic) bond motifs is 1. The highest BCUT2D eigenvalue weighted by atomic mass is 35.5. The maximum Gasteiger partial charge on any atom is 0.251 e. The quantitative estimate of drug-likeness (QED) is 0.140. The van der Waals surface area contributed by atoms with Crippen LogP contribution in [-0.2, 0) is 17.8 Å². The Kier molecular flexibility index (Phi) is 14.6. The van der Waals surface area contributed by atoms with Crippen molar-refractivity contribution in [2.45, 2.75) is 44.8 Å². The van der Waals surface area contributed by atoms with Gasteiger partial charge in [0.2, 0.25) is 5.91 Å². The molecule has 268 valence electrons. The summed E-state index contributed by atoms with van der Waals surface area (Å²) in [5.41, 5.74) is 5.94. The zero-order valence-corrected chi connectivity index (χ0v) is 31.5. The van der Waals surface area contributed by atoms with E-state index >= 15 is 0 Å². The Morgan fingerprint density at radius 3 is 2.20 bits per heavy atom. The number of rotatable bonds is 12. The van der Waals surface area contributed by atoms with Crippen molar-refractivity contribution >= 4 is 47.4 Å². The van der Waals surface area contributed by atoms with E-state index in [1.165, 1.54) is 10.9 Å². The number of nitrogens with one attached hydrogen (secondary N) is 1. The molecular weight excluding hydrogens is 675 g/mol. The number of likely N-dealkylation sites (N-methyl/N-ethyl adjacent to an activating group) is 1. The number of amides is 2. The molecule has 51 heavy (non-hydrogen) atoms.